The third-order valence-corrected chi connectivity index (χ3v) is 6.36. The van der Waals surface area contributed by atoms with Gasteiger partial charge in [0.05, 0.1) is 25.0 Å². The van der Waals surface area contributed by atoms with Crippen LogP contribution in [0.5, 0.6) is 0 Å². The summed E-state index contributed by atoms with van der Waals surface area (Å²) in [6.07, 6.45) is -6.44. The minimum atomic E-state index is -4.54. The van der Waals surface area contributed by atoms with Crippen molar-refractivity contribution in [2.24, 2.45) is 5.92 Å². The highest BCUT2D eigenvalue weighted by Gasteiger charge is 2.44. The number of benzene rings is 1. The highest BCUT2D eigenvalue weighted by molar-refractivity contribution is 6.76. The Morgan fingerprint density at radius 1 is 1.28 bits per heavy atom. The van der Waals surface area contributed by atoms with Gasteiger partial charge in [0.2, 0.25) is 5.91 Å². The standard InChI is InChI=1S/C20H28F3NO4Si/c1-29(2,3)10-9-27-13-16(12-20(21,22)23)18(25)24-17(14-28-19(24)26)11-15-7-5-4-6-8-15/h4-8,16-17H,9-14H2,1-3H3/t16?,17-/m1/s1. The fraction of sp³-hybridized carbons (Fsp3) is 0.600. The van der Waals surface area contributed by atoms with Crippen LogP contribution in [0.3, 0.4) is 0 Å². The van der Waals surface area contributed by atoms with E-state index in [0.717, 1.165) is 16.5 Å². The monoisotopic (exact) mass is 431 g/mol. The van der Waals surface area contributed by atoms with Crippen molar-refractivity contribution < 1.29 is 32.2 Å². The van der Waals surface area contributed by atoms with E-state index in [2.05, 4.69) is 19.6 Å². The maximum atomic E-state index is 13.1. The number of hydrogen-bond acceptors (Lipinski definition) is 4. The molecule has 1 saturated heterocycles. The third kappa shape index (κ3) is 7.81. The quantitative estimate of drug-likeness (QED) is 0.427. The molecule has 1 fully saturated rings. The van der Waals surface area contributed by atoms with Crippen molar-refractivity contribution in [1.29, 1.82) is 0 Å². The van der Waals surface area contributed by atoms with Crippen LogP contribution >= 0.6 is 0 Å². The average molecular weight is 432 g/mol. The highest BCUT2D eigenvalue weighted by atomic mass is 28.3. The molecule has 1 aromatic rings. The Labute approximate surface area is 170 Å². The molecule has 1 aliphatic rings. The first-order chi connectivity index (χ1) is 13.5. The van der Waals surface area contributed by atoms with Gasteiger partial charge in [0.1, 0.15) is 6.61 Å². The number of carbonyl (C=O) groups is 2. The lowest BCUT2D eigenvalue weighted by molar-refractivity contribution is -0.162. The van der Waals surface area contributed by atoms with Gasteiger partial charge in [-0.3, -0.25) is 4.79 Å². The van der Waals surface area contributed by atoms with Crippen LogP contribution in [0.1, 0.15) is 12.0 Å². The molecule has 1 aliphatic heterocycles. The lowest BCUT2D eigenvalue weighted by Gasteiger charge is -2.26. The first-order valence-corrected chi connectivity index (χ1v) is 13.4. The molecule has 29 heavy (non-hydrogen) atoms. The summed E-state index contributed by atoms with van der Waals surface area (Å²) in [5.41, 5.74) is 0.868. The van der Waals surface area contributed by atoms with E-state index in [1.807, 2.05) is 30.3 Å². The van der Waals surface area contributed by atoms with E-state index in [-0.39, 0.29) is 13.2 Å². The molecule has 0 radical (unpaired) electrons. The van der Waals surface area contributed by atoms with Crippen molar-refractivity contribution in [3.05, 3.63) is 35.9 Å². The molecule has 1 aromatic carbocycles. The van der Waals surface area contributed by atoms with Crippen molar-refractivity contribution >= 4 is 20.1 Å². The number of amides is 2. The van der Waals surface area contributed by atoms with Crippen LogP contribution in [-0.2, 0) is 20.7 Å². The van der Waals surface area contributed by atoms with Crippen molar-refractivity contribution in [2.45, 2.75) is 50.7 Å². The fourth-order valence-electron chi connectivity index (χ4n) is 3.06. The summed E-state index contributed by atoms with van der Waals surface area (Å²) >= 11 is 0. The SMILES string of the molecule is C[Si](C)(C)CCOCC(CC(F)(F)F)C(=O)N1C(=O)OC[C@H]1Cc1ccccc1. The maximum Gasteiger partial charge on any atom is 0.416 e. The number of imide groups is 1. The Balaban J connectivity index is 2.08. The van der Waals surface area contributed by atoms with E-state index < -0.39 is 44.6 Å². The van der Waals surface area contributed by atoms with Gasteiger partial charge in [-0.1, -0.05) is 50.0 Å². The number of rotatable bonds is 9. The summed E-state index contributed by atoms with van der Waals surface area (Å²) in [6.45, 7) is 6.28. The Kier molecular flexibility index (Phi) is 7.87. The van der Waals surface area contributed by atoms with Gasteiger partial charge >= 0.3 is 12.3 Å². The zero-order chi connectivity index (χ0) is 21.7. The van der Waals surface area contributed by atoms with Crippen LogP contribution in [0.15, 0.2) is 30.3 Å². The molecule has 1 unspecified atom stereocenters. The second-order valence-corrected chi connectivity index (χ2v) is 14.2. The molecule has 0 saturated carbocycles. The molecule has 9 heteroatoms. The van der Waals surface area contributed by atoms with Gasteiger partial charge in [-0.15, -0.1) is 0 Å². The minimum Gasteiger partial charge on any atom is -0.447 e. The Hall–Kier alpha value is -1.87. The molecule has 2 rings (SSSR count). The predicted molar refractivity (Wildman–Crippen MR) is 105 cm³/mol. The normalized spacial score (nSPS) is 18.6. The zero-order valence-electron chi connectivity index (χ0n) is 17.0. The van der Waals surface area contributed by atoms with E-state index in [1.165, 1.54) is 0 Å². The van der Waals surface area contributed by atoms with Crippen LogP contribution in [0.25, 0.3) is 0 Å². The van der Waals surface area contributed by atoms with Gasteiger partial charge in [0.15, 0.2) is 0 Å². The Bertz CT molecular complexity index is 691. The van der Waals surface area contributed by atoms with Gasteiger partial charge < -0.3 is 9.47 Å². The first-order valence-electron chi connectivity index (χ1n) is 9.64. The average Bonchev–Trinajstić information content (AvgIpc) is 2.96. The number of carbonyl (C=O) groups excluding carboxylic acids is 2. The zero-order valence-corrected chi connectivity index (χ0v) is 18.0. The van der Waals surface area contributed by atoms with Crippen LogP contribution in [-0.4, -0.2) is 57.0 Å². The highest BCUT2D eigenvalue weighted by Crippen LogP contribution is 2.29. The molecule has 0 N–H and O–H groups in total. The van der Waals surface area contributed by atoms with Crippen molar-refractivity contribution in [3.63, 3.8) is 0 Å². The summed E-state index contributed by atoms with van der Waals surface area (Å²) in [5, 5.41) is 0. The summed E-state index contributed by atoms with van der Waals surface area (Å²) in [4.78, 5) is 25.8. The minimum absolute atomic E-state index is 0.0330. The molecule has 0 aliphatic carbocycles. The lowest BCUT2D eigenvalue weighted by atomic mass is 10.0. The second kappa shape index (κ2) is 9.75. The third-order valence-electron chi connectivity index (χ3n) is 4.66. The lowest BCUT2D eigenvalue weighted by Crippen LogP contribution is -2.45. The molecule has 2 atom stereocenters. The molecule has 2 amide bonds. The number of halogens is 3. The van der Waals surface area contributed by atoms with Crippen LogP contribution in [0, 0.1) is 5.92 Å². The van der Waals surface area contributed by atoms with Gasteiger partial charge in [-0.2, -0.15) is 13.2 Å². The molecule has 5 nitrogen and oxygen atoms in total. The predicted octanol–water partition coefficient (Wildman–Crippen LogP) is 4.50. The fourth-order valence-corrected chi connectivity index (χ4v) is 3.82. The number of ether oxygens (including phenoxy) is 2. The molecular weight excluding hydrogens is 403 g/mol. The van der Waals surface area contributed by atoms with Gasteiger partial charge in [0, 0.05) is 14.7 Å². The van der Waals surface area contributed by atoms with E-state index in [0.29, 0.717) is 13.0 Å². The van der Waals surface area contributed by atoms with Crippen molar-refractivity contribution in [2.75, 3.05) is 19.8 Å². The van der Waals surface area contributed by atoms with Crippen LogP contribution in [0.4, 0.5) is 18.0 Å². The van der Waals surface area contributed by atoms with E-state index >= 15 is 0 Å². The van der Waals surface area contributed by atoms with Gasteiger partial charge in [0.25, 0.3) is 0 Å². The molecule has 162 valence electrons. The number of alkyl halides is 3. The molecule has 1 heterocycles. The largest absolute Gasteiger partial charge is 0.447 e. The van der Waals surface area contributed by atoms with Crippen LogP contribution in [0.2, 0.25) is 25.7 Å². The summed E-state index contributed by atoms with van der Waals surface area (Å²) in [5.74, 6) is -2.36. The summed E-state index contributed by atoms with van der Waals surface area (Å²) < 4.78 is 49.6. The molecule has 0 bridgehead atoms. The van der Waals surface area contributed by atoms with Crippen LogP contribution < -0.4 is 0 Å². The maximum absolute atomic E-state index is 13.1. The van der Waals surface area contributed by atoms with Gasteiger partial charge in [-0.05, 0) is 18.0 Å². The topological polar surface area (TPSA) is 55.8 Å². The van der Waals surface area contributed by atoms with E-state index in [1.54, 1.807) is 0 Å². The van der Waals surface area contributed by atoms with Gasteiger partial charge in [-0.25, -0.2) is 9.69 Å². The van der Waals surface area contributed by atoms with Crippen molar-refractivity contribution in [1.82, 2.24) is 4.90 Å². The second-order valence-electron chi connectivity index (χ2n) is 8.53. The number of cyclic esters (lactones) is 1. The molecule has 0 spiro atoms. The summed E-state index contributed by atoms with van der Waals surface area (Å²) in [7, 11) is -1.41. The number of nitrogens with zero attached hydrogens (tertiary/aromatic N) is 1. The van der Waals surface area contributed by atoms with E-state index in [9.17, 15) is 22.8 Å². The van der Waals surface area contributed by atoms with E-state index in [4.69, 9.17) is 9.47 Å². The van der Waals surface area contributed by atoms with Crippen molar-refractivity contribution in [3.8, 4) is 0 Å². The smallest absolute Gasteiger partial charge is 0.416 e. The molecular formula is C20H28F3NO4Si. The molecule has 0 aromatic heterocycles. The summed E-state index contributed by atoms with van der Waals surface area (Å²) in [6, 6.07) is 9.28. The first kappa shape index (κ1) is 23.4. The Morgan fingerprint density at radius 3 is 2.52 bits per heavy atom. The number of hydrogen-bond donors (Lipinski definition) is 0. The Morgan fingerprint density at radius 2 is 1.93 bits per heavy atom.